The number of nitrogens with one attached hydrogen (secondary N) is 1. The highest BCUT2D eigenvalue weighted by molar-refractivity contribution is 6.35. The predicted molar refractivity (Wildman–Crippen MR) is 90.5 cm³/mol. The van der Waals surface area contributed by atoms with Gasteiger partial charge in [0.15, 0.2) is 6.54 Å². The van der Waals surface area contributed by atoms with Gasteiger partial charge in [0, 0.05) is 16.1 Å². The molecule has 3 rings (SSSR count). The van der Waals surface area contributed by atoms with Crippen molar-refractivity contribution in [2.45, 2.75) is 13.1 Å². The van der Waals surface area contributed by atoms with E-state index in [4.69, 9.17) is 27.6 Å². The zero-order valence-corrected chi connectivity index (χ0v) is 14.1. The summed E-state index contributed by atoms with van der Waals surface area (Å²) in [5, 5.41) is 9.53. The smallest absolute Gasteiger partial charge is 0.271 e. The summed E-state index contributed by atoms with van der Waals surface area (Å²) in [4.78, 5) is 1.19. The lowest BCUT2D eigenvalue weighted by atomic mass is 10.2. The molecule has 1 aromatic heterocycles. The maximum atomic E-state index is 6.21. The minimum atomic E-state index is 0.540. The van der Waals surface area contributed by atoms with Gasteiger partial charge in [0.2, 0.25) is 5.89 Å². The van der Waals surface area contributed by atoms with Gasteiger partial charge in [-0.1, -0.05) is 47.5 Å². The van der Waals surface area contributed by atoms with Crippen LogP contribution in [-0.2, 0) is 13.1 Å². The summed E-state index contributed by atoms with van der Waals surface area (Å²) >= 11 is 12.1. The maximum absolute atomic E-state index is 6.21. The molecule has 118 valence electrons. The quantitative estimate of drug-likeness (QED) is 0.769. The Morgan fingerprint density at radius 1 is 1.00 bits per heavy atom. The van der Waals surface area contributed by atoms with Crippen LogP contribution < -0.4 is 4.90 Å². The van der Waals surface area contributed by atoms with Crippen LogP contribution >= 0.6 is 23.2 Å². The number of rotatable bonds is 5. The van der Waals surface area contributed by atoms with Crippen LogP contribution in [0.2, 0.25) is 10.0 Å². The molecule has 0 aliphatic carbocycles. The Bertz CT molecular complexity index is 790. The van der Waals surface area contributed by atoms with Crippen molar-refractivity contribution in [3.8, 4) is 11.5 Å². The Kier molecular flexibility index (Phi) is 4.96. The molecule has 0 saturated carbocycles. The molecule has 2 aromatic carbocycles. The number of hydrogen-bond donors (Lipinski definition) is 1. The van der Waals surface area contributed by atoms with Crippen LogP contribution in [0.5, 0.6) is 0 Å². The van der Waals surface area contributed by atoms with Gasteiger partial charge in [-0.2, -0.15) is 0 Å². The average molecular weight is 349 g/mol. The van der Waals surface area contributed by atoms with Crippen molar-refractivity contribution in [1.82, 2.24) is 10.2 Å². The number of aromatic nitrogens is 2. The highest BCUT2D eigenvalue weighted by Crippen LogP contribution is 2.20. The Labute approximate surface area is 144 Å². The largest absolute Gasteiger partial charge is 0.415 e. The number of nitrogens with zero attached hydrogens (tertiary/aromatic N) is 2. The van der Waals surface area contributed by atoms with Crippen molar-refractivity contribution in [3.63, 3.8) is 0 Å². The summed E-state index contributed by atoms with van der Waals surface area (Å²) in [7, 11) is 2.05. The molecule has 23 heavy (non-hydrogen) atoms. The van der Waals surface area contributed by atoms with Crippen LogP contribution in [0.25, 0.3) is 11.5 Å². The topological polar surface area (TPSA) is 43.4 Å². The minimum Gasteiger partial charge on any atom is -0.415 e. The lowest BCUT2D eigenvalue weighted by Gasteiger charge is -2.12. The van der Waals surface area contributed by atoms with Crippen molar-refractivity contribution in [2.24, 2.45) is 0 Å². The number of quaternary nitrogens is 1. The Hall–Kier alpha value is -1.88. The van der Waals surface area contributed by atoms with Crippen molar-refractivity contribution < 1.29 is 9.32 Å². The summed E-state index contributed by atoms with van der Waals surface area (Å²) in [5.74, 6) is 1.14. The van der Waals surface area contributed by atoms with E-state index in [1.54, 1.807) is 6.07 Å². The average Bonchev–Trinajstić information content (AvgIpc) is 2.99. The standard InChI is InChI=1S/C17H15Cl2N3O/c1-22(10-13-7-8-14(18)9-15(13)19)11-16-20-21-17(23-16)12-5-3-2-4-6-12/h2-9H,10-11H2,1H3/p+1. The minimum absolute atomic E-state index is 0.540. The first-order chi connectivity index (χ1) is 11.1. The molecule has 1 unspecified atom stereocenters. The molecule has 1 atom stereocenters. The highest BCUT2D eigenvalue weighted by Gasteiger charge is 2.14. The molecule has 0 bridgehead atoms. The molecular formula is C17H16Cl2N3O+. The second-order valence-corrected chi connectivity index (χ2v) is 6.26. The van der Waals surface area contributed by atoms with E-state index in [0.717, 1.165) is 17.7 Å². The van der Waals surface area contributed by atoms with Crippen LogP contribution in [0.1, 0.15) is 11.5 Å². The Balaban J connectivity index is 1.66. The van der Waals surface area contributed by atoms with Crippen LogP contribution in [0.4, 0.5) is 0 Å². The first-order valence-electron chi connectivity index (χ1n) is 7.25. The van der Waals surface area contributed by atoms with Gasteiger partial charge in [-0.3, -0.25) is 0 Å². The summed E-state index contributed by atoms with van der Waals surface area (Å²) in [5.41, 5.74) is 1.96. The lowest BCUT2D eigenvalue weighted by molar-refractivity contribution is -0.909. The monoisotopic (exact) mass is 348 g/mol. The van der Waals surface area contributed by atoms with Crippen LogP contribution in [0.3, 0.4) is 0 Å². The third-order valence-electron chi connectivity index (χ3n) is 3.45. The number of halogens is 2. The predicted octanol–water partition coefficient (Wildman–Crippen LogP) is 3.26. The number of benzene rings is 2. The van der Waals surface area contributed by atoms with Gasteiger partial charge in [0.1, 0.15) is 6.54 Å². The fourth-order valence-corrected chi connectivity index (χ4v) is 2.81. The van der Waals surface area contributed by atoms with Crippen molar-refractivity contribution in [2.75, 3.05) is 7.05 Å². The van der Waals surface area contributed by atoms with Gasteiger partial charge in [-0.05, 0) is 24.3 Å². The van der Waals surface area contributed by atoms with E-state index in [2.05, 4.69) is 17.2 Å². The van der Waals surface area contributed by atoms with E-state index >= 15 is 0 Å². The molecule has 0 amide bonds. The molecule has 0 radical (unpaired) electrons. The first-order valence-corrected chi connectivity index (χ1v) is 8.00. The molecule has 3 aromatic rings. The van der Waals surface area contributed by atoms with Gasteiger partial charge in [0.05, 0.1) is 12.1 Å². The fraction of sp³-hybridized carbons (Fsp3) is 0.176. The molecule has 0 aliphatic rings. The third-order valence-corrected chi connectivity index (χ3v) is 4.03. The first kappa shape index (κ1) is 16.0. The molecule has 1 N–H and O–H groups in total. The summed E-state index contributed by atoms with van der Waals surface area (Å²) in [6.45, 7) is 1.37. The van der Waals surface area contributed by atoms with Gasteiger partial charge >= 0.3 is 0 Å². The molecule has 6 heteroatoms. The van der Waals surface area contributed by atoms with Gasteiger partial charge < -0.3 is 9.32 Å². The van der Waals surface area contributed by atoms with E-state index in [9.17, 15) is 0 Å². The highest BCUT2D eigenvalue weighted by atomic mass is 35.5. The van der Waals surface area contributed by atoms with Crippen LogP contribution in [0, 0.1) is 0 Å². The van der Waals surface area contributed by atoms with E-state index < -0.39 is 0 Å². The molecule has 0 aliphatic heterocycles. The molecule has 0 fully saturated rings. The van der Waals surface area contributed by atoms with E-state index in [1.807, 2.05) is 42.5 Å². The lowest BCUT2D eigenvalue weighted by Crippen LogP contribution is -3.06. The molecule has 1 heterocycles. The SMILES string of the molecule is C[NH+](Cc1nnc(-c2ccccc2)o1)Cc1ccc(Cl)cc1Cl. The maximum Gasteiger partial charge on any atom is 0.271 e. The summed E-state index contributed by atoms with van der Waals surface area (Å²) < 4.78 is 5.73. The number of hydrogen-bond acceptors (Lipinski definition) is 3. The van der Waals surface area contributed by atoms with Crippen LogP contribution in [-0.4, -0.2) is 17.2 Å². The van der Waals surface area contributed by atoms with Crippen LogP contribution in [0.15, 0.2) is 52.9 Å². The molecule has 0 spiro atoms. The third kappa shape index (κ3) is 4.10. The van der Waals surface area contributed by atoms with E-state index in [0.29, 0.717) is 28.4 Å². The van der Waals surface area contributed by atoms with E-state index in [-0.39, 0.29) is 0 Å². The molecule has 0 saturated heterocycles. The Morgan fingerprint density at radius 3 is 2.52 bits per heavy atom. The second-order valence-electron chi connectivity index (χ2n) is 5.41. The molecule has 4 nitrogen and oxygen atoms in total. The second kappa shape index (κ2) is 7.13. The normalized spacial score (nSPS) is 12.3. The van der Waals surface area contributed by atoms with Gasteiger partial charge in [-0.15, -0.1) is 10.2 Å². The zero-order chi connectivity index (χ0) is 16.2. The van der Waals surface area contributed by atoms with Crippen molar-refractivity contribution in [1.29, 1.82) is 0 Å². The summed E-state index contributed by atoms with van der Waals surface area (Å²) in [6, 6.07) is 15.3. The van der Waals surface area contributed by atoms with Crippen molar-refractivity contribution in [3.05, 3.63) is 70.0 Å². The summed E-state index contributed by atoms with van der Waals surface area (Å²) in [6.07, 6.45) is 0. The Morgan fingerprint density at radius 2 is 1.78 bits per heavy atom. The zero-order valence-electron chi connectivity index (χ0n) is 12.6. The van der Waals surface area contributed by atoms with E-state index in [1.165, 1.54) is 4.90 Å². The van der Waals surface area contributed by atoms with Gasteiger partial charge in [-0.25, -0.2) is 0 Å². The van der Waals surface area contributed by atoms with Gasteiger partial charge in [0.25, 0.3) is 5.89 Å². The van der Waals surface area contributed by atoms with Crippen molar-refractivity contribution >= 4 is 23.2 Å². The molecular weight excluding hydrogens is 333 g/mol. The fourth-order valence-electron chi connectivity index (χ4n) is 2.33.